The molecule has 1 amide bonds. The molecule has 3 aromatic rings. The second kappa shape index (κ2) is 7.20. The van der Waals surface area contributed by atoms with Crippen LogP contribution < -0.4 is 0 Å². The number of halogens is 1. The fourth-order valence-corrected chi connectivity index (χ4v) is 3.82. The van der Waals surface area contributed by atoms with E-state index in [1.807, 2.05) is 6.07 Å². The van der Waals surface area contributed by atoms with Crippen molar-refractivity contribution >= 4 is 39.8 Å². The summed E-state index contributed by atoms with van der Waals surface area (Å²) in [4.78, 5) is 20.7. The number of rotatable bonds is 3. The molecule has 4 heterocycles. The third-order valence-electron chi connectivity index (χ3n) is 4.41. The van der Waals surface area contributed by atoms with Gasteiger partial charge in [0.2, 0.25) is 5.17 Å². The predicted octanol–water partition coefficient (Wildman–Crippen LogP) is 4.15. The maximum absolute atomic E-state index is 13.1. The molecule has 0 aliphatic carbocycles. The number of hydrogen-bond acceptors (Lipinski definition) is 6. The molecule has 0 saturated carbocycles. The summed E-state index contributed by atoms with van der Waals surface area (Å²) in [6.07, 6.45) is 4.78. The van der Waals surface area contributed by atoms with Crippen molar-refractivity contribution in [3.05, 3.63) is 83.6 Å². The number of carbonyl (C=O) groups excluding carboxylic acids is 1. The maximum Gasteiger partial charge on any atom is 0.283 e. The first kappa shape index (κ1) is 18.2. The van der Waals surface area contributed by atoms with Gasteiger partial charge in [-0.25, -0.2) is 4.39 Å². The first-order valence-corrected chi connectivity index (χ1v) is 9.66. The van der Waals surface area contributed by atoms with Gasteiger partial charge in [-0.15, -0.1) is 0 Å². The lowest BCUT2D eigenvalue weighted by Crippen LogP contribution is -2.35. The summed E-state index contributed by atoms with van der Waals surface area (Å²) in [6.45, 7) is 0. The van der Waals surface area contributed by atoms with Crippen molar-refractivity contribution < 1.29 is 13.6 Å². The van der Waals surface area contributed by atoms with E-state index in [1.54, 1.807) is 42.7 Å². The van der Waals surface area contributed by atoms with Crippen LogP contribution in [0.2, 0.25) is 0 Å². The Kier molecular flexibility index (Phi) is 4.36. The molecular formula is C21H12FN5O2S. The maximum atomic E-state index is 13.1. The van der Waals surface area contributed by atoms with E-state index in [9.17, 15) is 9.18 Å². The van der Waals surface area contributed by atoms with Crippen molar-refractivity contribution in [3.8, 4) is 11.3 Å². The van der Waals surface area contributed by atoms with Gasteiger partial charge in [0.1, 0.15) is 22.4 Å². The fraction of sp³-hybridized carbons (Fsp3) is 0. The standard InChI is InChI=1S/C21H12FN5O2S/c22-14-5-3-12(4-6-14)17-8-7-15(29-17)10-16-18(23)27-21(25-19(16)28)30-20(26-27)13-2-1-9-24-11-13/h1-11,23H. The van der Waals surface area contributed by atoms with Crippen molar-refractivity contribution in [1.82, 2.24) is 9.99 Å². The second-order valence-corrected chi connectivity index (χ2v) is 7.33. The van der Waals surface area contributed by atoms with E-state index < -0.39 is 5.91 Å². The Morgan fingerprint density at radius 1 is 1.10 bits per heavy atom. The molecule has 2 aromatic heterocycles. The number of amidine groups is 2. The Morgan fingerprint density at radius 3 is 2.70 bits per heavy atom. The summed E-state index contributed by atoms with van der Waals surface area (Å²) in [6, 6.07) is 12.9. The Bertz CT molecular complexity index is 1260. The Balaban J connectivity index is 1.44. The molecule has 0 fully saturated rings. The van der Waals surface area contributed by atoms with Gasteiger partial charge in [-0.05, 0) is 66.4 Å². The van der Waals surface area contributed by atoms with Crippen LogP contribution in [-0.2, 0) is 4.79 Å². The van der Waals surface area contributed by atoms with Crippen LogP contribution in [0.25, 0.3) is 17.4 Å². The monoisotopic (exact) mass is 417 g/mol. The zero-order chi connectivity index (χ0) is 20.7. The fourth-order valence-electron chi connectivity index (χ4n) is 2.94. The van der Waals surface area contributed by atoms with Crippen molar-refractivity contribution in [2.24, 2.45) is 10.1 Å². The minimum atomic E-state index is -0.541. The number of aromatic nitrogens is 1. The number of amides is 1. The van der Waals surface area contributed by atoms with Gasteiger partial charge in [0.25, 0.3) is 5.91 Å². The third-order valence-corrected chi connectivity index (χ3v) is 5.36. The van der Waals surface area contributed by atoms with Crippen LogP contribution in [-0.4, -0.2) is 31.9 Å². The van der Waals surface area contributed by atoms with Crippen LogP contribution in [0.15, 0.2) is 81.0 Å². The number of nitrogens with zero attached hydrogens (tertiary/aromatic N) is 4. The van der Waals surface area contributed by atoms with Crippen LogP contribution in [0.3, 0.4) is 0 Å². The lowest BCUT2D eigenvalue weighted by Gasteiger charge is -2.19. The van der Waals surface area contributed by atoms with Crippen LogP contribution in [0.5, 0.6) is 0 Å². The average molecular weight is 417 g/mol. The van der Waals surface area contributed by atoms with E-state index in [-0.39, 0.29) is 17.2 Å². The number of pyridine rings is 1. The number of thioether (sulfide) groups is 1. The van der Waals surface area contributed by atoms with Gasteiger partial charge >= 0.3 is 0 Å². The smallest absolute Gasteiger partial charge is 0.283 e. The number of aliphatic imine (C=N–C) groups is 1. The van der Waals surface area contributed by atoms with Gasteiger partial charge in [-0.1, -0.05) is 0 Å². The van der Waals surface area contributed by atoms with E-state index in [0.717, 1.165) is 5.56 Å². The first-order valence-electron chi connectivity index (χ1n) is 8.85. The highest BCUT2D eigenvalue weighted by molar-refractivity contribution is 8.27. The summed E-state index contributed by atoms with van der Waals surface area (Å²) in [5.74, 6) is -0.0617. The zero-order valence-electron chi connectivity index (χ0n) is 15.2. The molecule has 7 nitrogen and oxygen atoms in total. The largest absolute Gasteiger partial charge is 0.457 e. The zero-order valence-corrected chi connectivity index (χ0v) is 16.1. The highest BCUT2D eigenvalue weighted by Gasteiger charge is 2.36. The van der Waals surface area contributed by atoms with E-state index in [4.69, 9.17) is 9.83 Å². The van der Waals surface area contributed by atoms with Crippen LogP contribution in [0, 0.1) is 11.2 Å². The van der Waals surface area contributed by atoms with Gasteiger partial charge in [0.05, 0.1) is 5.57 Å². The molecule has 0 unspecified atom stereocenters. The molecule has 0 spiro atoms. The summed E-state index contributed by atoms with van der Waals surface area (Å²) >= 11 is 1.21. The highest BCUT2D eigenvalue weighted by Crippen LogP contribution is 2.31. The lowest BCUT2D eigenvalue weighted by atomic mass is 10.1. The van der Waals surface area contributed by atoms with Crippen molar-refractivity contribution in [2.75, 3.05) is 0 Å². The first-order chi connectivity index (χ1) is 14.6. The van der Waals surface area contributed by atoms with E-state index in [2.05, 4.69) is 15.1 Å². The van der Waals surface area contributed by atoms with E-state index in [1.165, 1.54) is 35.0 Å². The third kappa shape index (κ3) is 3.25. The number of fused-ring (bicyclic) bond motifs is 1. The number of hydrogen-bond donors (Lipinski definition) is 1. The van der Waals surface area contributed by atoms with Gasteiger partial charge in [0.15, 0.2) is 5.84 Å². The van der Waals surface area contributed by atoms with Crippen molar-refractivity contribution in [1.29, 1.82) is 5.41 Å². The Morgan fingerprint density at radius 2 is 1.93 bits per heavy atom. The predicted molar refractivity (Wildman–Crippen MR) is 112 cm³/mol. The molecule has 0 bridgehead atoms. The molecule has 0 radical (unpaired) electrons. The molecule has 9 heteroatoms. The van der Waals surface area contributed by atoms with Gasteiger partial charge in [-0.3, -0.25) is 15.2 Å². The van der Waals surface area contributed by atoms with Crippen molar-refractivity contribution in [2.45, 2.75) is 0 Å². The van der Waals surface area contributed by atoms with Gasteiger partial charge in [-0.2, -0.15) is 15.1 Å². The lowest BCUT2D eigenvalue weighted by molar-refractivity contribution is -0.114. The summed E-state index contributed by atoms with van der Waals surface area (Å²) in [7, 11) is 0. The molecule has 2 aliphatic heterocycles. The van der Waals surface area contributed by atoms with Crippen LogP contribution in [0.1, 0.15) is 11.3 Å². The molecule has 1 N–H and O–H groups in total. The molecular weight excluding hydrogens is 405 g/mol. The Labute approximate surface area is 174 Å². The molecule has 5 rings (SSSR count). The summed E-state index contributed by atoms with van der Waals surface area (Å²) < 4.78 is 18.9. The SMILES string of the molecule is N=C1C(=Cc2ccc(-c3ccc(F)cc3)o2)C(=O)N=C2SC(c3cccnc3)=NN12. The molecule has 2 aliphatic rings. The molecule has 146 valence electrons. The van der Waals surface area contributed by atoms with Crippen LogP contribution >= 0.6 is 11.8 Å². The molecule has 1 aromatic carbocycles. The van der Waals surface area contributed by atoms with Crippen molar-refractivity contribution in [3.63, 3.8) is 0 Å². The van der Waals surface area contributed by atoms with E-state index in [0.29, 0.717) is 27.3 Å². The number of hydrazone groups is 1. The number of nitrogens with one attached hydrogen (secondary N) is 1. The Hall–Kier alpha value is -3.85. The number of carbonyl (C=O) groups is 1. The molecule has 30 heavy (non-hydrogen) atoms. The summed E-state index contributed by atoms with van der Waals surface area (Å²) in [5.41, 5.74) is 1.55. The van der Waals surface area contributed by atoms with Gasteiger partial charge in [0, 0.05) is 23.5 Å². The summed E-state index contributed by atoms with van der Waals surface area (Å²) in [5, 5.41) is 15.1. The minimum absolute atomic E-state index is 0.0653. The normalized spacial score (nSPS) is 17.2. The molecule has 0 saturated heterocycles. The minimum Gasteiger partial charge on any atom is -0.457 e. The number of furan rings is 1. The average Bonchev–Trinajstić information content (AvgIpc) is 3.40. The quantitative estimate of drug-likeness (QED) is 0.646. The highest BCUT2D eigenvalue weighted by atomic mass is 32.2. The number of benzene rings is 1. The second-order valence-electron chi connectivity index (χ2n) is 6.38. The van der Waals surface area contributed by atoms with E-state index >= 15 is 0 Å². The van der Waals surface area contributed by atoms with Gasteiger partial charge < -0.3 is 4.42 Å². The molecule has 0 atom stereocenters. The van der Waals surface area contributed by atoms with Crippen LogP contribution in [0.4, 0.5) is 4.39 Å². The topological polar surface area (TPSA) is 94.9 Å².